The van der Waals surface area contributed by atoms with E-state index in [1.165, 1.54) is 22.4 Å². The van der Waals surface area contributed by atoms with Crippen molar-refractivity contribution in [3.05, 3.63) is 40.7 Å². The van der Waals surface area contributed by atoms with Gasteiger partial charge in [0.05, 0.1) is 36.9 Å². The minimum atomic E-state index is -0.117. The van der Waals surface area contributed by atoms with E-state index >= 15 is 0 Å². The fourth-order valence-corrected chi connectivity index (χ4v) is 4.06. The average Bonchev–Trinajstić information content (AvgIpc) is 3.19. The fraction of sp³-hybridized carbons (Fsp3) is 0.474. The molecule has 3 aromatic rings. The lowest BCUT2D eigenvalue weighted by Crippen LogP contribution is -2.46. The molecule has 0 bridgehead atoms. The monoisotopic (exact) mass is 415 g/mol. The molecule has 3 heterocycles. The minimum absolute atomic E-state index is 0.0810. The molecule has 1 N–H and O–H groups in total. The van der Waals surface area contributed by atoms with Gasteiger partial charge in [-0.2, -0.15) is 4.37 Å². The van der Waals surface area contributed by atoms with E-state index in [2.05, 4.69) is 24.1 Å². The van der Waals surface area contributed by atoms with Crippen molar-refractivity contribution in [2.75, 3.05) is 56.7 Å². The van der Waals surface area contributed by atoms with E-state index in [1.807, 2.05) is 37.2 Å². The zero-order valence-electron chi connectivity index (χ0n) is 16.7. The number of rotatable bonds is 6. The Bertz CT molecular complexity index is 1040. The average molecular weight is 416 g/mol. The van der Waals surface area contributed by atoms with Crippen LogP contribution in [0.5, 0.6) is 0 Å². The summed E-state index contributed by atoms with van der Waals surface area (Å²) in [5.74, 6) is 0.876. The molecule has 10 heteroatoms. The van der Waals surface area contributed by atoms with E-state index in [4.69, 9.17) is 5.11 Å². The SMILES string of the molecule is CN(C)c1nc(CN2CCN(c3ccc4c(=O)n(CCO)cnc4c3)CC2)ns1. The normalized spacial score (nSPS) is 15.2. The molecule has 2 aromatic heterocycles. The number of fused-ring (bicyclic) bond motifs is 1. The Balaban J connectivity index is 1.42. The molecule has 29 heavy (non-hydrogen) atoms. The zero-order chi connectivity index (χ0) is 20.4. The van der Waals surface area contributed by atoms with Crippen molar-refractivity contribution in [3.8, 4) is 0 Å². The molecule has 1 aliphatic heterocycles. The summed E-state index contributed by atoms with van der Waals surface area (Å²) < 4.78 is 5.89. The fourth-order valence-electron chi connectivity index (χ4n) is 3.47. The molecule has 9 nitrogen and oxygen atoms in total. The molecule has 0 unspecified atom stereocenters. The van der Waals surface area contributed by atoms with Gasteiger partial charge in [-0.1, -0.05) is 0 Å². The highest BCUT2D eigenvalue weighted by molar-refractivity contribution is 7.09. The second-order valence-corrected chi connectivity index (χ2v) is 8.05. The van der Waals surface area contributed by atoms with Crippen molar-refractivity contribution in [3.63, 3.8) is 0 Å². The molecule has 154 valence electrons. The number of aliphatic hydroxyl groups is 1. The van der Waals surface area contributed by atoms with Gasteiger partial charge in [0, 0.05) is 57.5 Å². The van der Waals surface area contributed by atoms with Crippen LogP contribution in [0, 0.1) is 0 Å². The molecule has 1 aliphatic rings. The summed E-state index contributed by atoms with van der Waals surface area (Å²) in [6.07, 6.45) is 1.51. The lowest BCUT2D eigenvalue weighted by Gasteiger charge is -2.35. The summed E-state index contributed by atoms with van der Waals surface area (Å²) in [4.78, 5) is 28.1. The van der Waals surface area contributed by atoms with E-state index in [-0.39, 0.29) is 18.7 Å². The first-order chi connectivity index (χ1) is 14.0. The first kappa shape index (κ1) is 19.7. The van der Waals surface area contributed by atoms with Crippen molar-refractivity contribution < 1.29 is 5.11 Å². The van der Waals surface area contributed by atoms with Gasteiger partial charge >= 0.3 is 0 Å². The Morgan fingerprint density at radius 3 is 2.69 bits per heavy atom. The quantitative estimate of drug-likeness (QED) is 0.627. The Hall–Kier alpha value is -2.56. The van der Waals surface area contributed by atoms with E-state index in [1.54, 1.807) is 0 Å². The third kappa shape index (κ3) is 4.24. The highest BCUT2D eigenvalue weighted by atomic mass is 32.1. The minimum Gasteiger partial charge on any atom is -0.395 e. The number of hydrogen-bond donors (Lipinski definition) is 1. The van der Waals surface area contributed by atoms with Crippen LogP contribution in [-0.2, 0) is 13.1 Å². The molecule has 0 aliphatic carbocycles. The Morgan fingerprint density at radius 2 is 2.00 bits per heavy atom. The van der Waals surface area contributed by atoms with Crippen molar-refractivity contribution in [2.24, 2.45) is 0 Å². The predicted octanol–water partition coefficient (Wildman–Crippen LogP) is 0.628. The first-order valence-corrected chi connectivity index (χ1v) is 10.4. The number of hydrogen-bond acceptors (Lipinski definition) is 9. The molecule has 0 atom stereocenters. The van der Waals surface area contributed by atoms with Crippen LogP contribution in [0.4, 0.5) is 10.8 Å². The van der Waals surface area contributed by atoms with Crippen molar-refractivity contribution in [1.29, 1.82) is 0 Å². The van der Waals surface area contributed by atoms with Crippen LogP contribution >= 0.6 is 11.5 Å². The summed E-state index contributed by atoms with van der Waals surface area (Å²) in [5, 5.41) is 10.6. The summed E-state index contributed by atoms with van der Waals surface area (Å²) in [6, 6.07) is 5.79. The number of benzene rings is 1. The first-order valence-electron chi connectivity index (χ1n) is 9.62. The molecule has 1 aromatic carbocycles. The molecule has 0 amide bonds. The van der Waals surface area contributed by atoms with Gasteiger partial charge < -0.3 is 14.9 Å². The molecule has 0 saturated carbocycles. The molecule has 1 fully saturated rings. The van der Waals surface area contributed by atoms with Crippen molar-refractivity contribution >= 4 is 33.3 Å². The molecule has 1 saturated heterocycles. The van der Waals surface area contributed by atoms with E-state index < -0.39 is 0 Å². The molecular formula is C19H25N7O2S. The van der Waals surface area contributed by atoms with Crippen LogP contribution in [0.15, 0.2) is 29.3 Å². The number of anilines is 2. The van der Waals surface area contributed by atoms with Gasteiger partial charge in [0.25, 0.3) is 5.56 Å². The Morgan fingerprint density at radius 1 is 1.21 bits per heavy atom. The summed E-state index contributed by atoms with van der Waals surface area (Å²) in [7, 11) is 3.95. The largest absolute Gasteiger partial charge is 0.395 e. The summed E-state index contributed by atoms with van der Waals surface area (Å²) in [6.45, 7) is 4.61. The van der Waals surface area contributed by atoms with Crippen LogP contribution in [0.25, 0.3) is 10.9 Å². The van der Waals surface area contributed by atoms with Crippen LogP contribution in [0.1, 0.15) is 5.82 Å². The van der Waals surface area contributed by atoms with Crippen LogP contribution < -0.4 is 15.4 Å². The summed E-state index contributed by atoms with van der Waals surface area (Å²) >= 11 is 1.43. The highest BCUT2D eigenvalue weighted by Gasteiger charge is 2.19. The Kier molecular flexibility index (Phi) is 5.74. The van der Waals surface area contributed by atoms with Crippen LogP contribution in [0.2, 0.25) is 0 Å². The van der Waals surface area contributed by atoms with Gasteiger partial charge in [0.15, 0.2) is 5.82 Å². The van der Waals surface area contributed by atoms with Crippen molar-refractivity contribution in [2.45, 2.75) is 13.1 Å². The molecule has 0 spiro atoms. The van der Waals surface area contributed by atoms with Gasteiger partial charge in [-0.25, -0.2) is 9.97 Å². The number of aromatic nitrogens is 4. The molecular weight excluding hydrogens is 390 g/mol. The number of nitrogens with zero attached hydrogens (tertiary/aromatic N) is 7. The van der Waals surface area contributed by atoms with Gasteiger partial charge in [0.1, 0.15) is 0 Å². The Labute approximate surface area is 173 Å². The van der Waals surface area contributed by atoms with Gasteiger partial charge in [0.2, 0.25) is 5.13 Å². The van der Waals surface area contributed by atoms with Crippen molar-refractivity contribution in [1.82, 2.24) is 23.8 Å². The van der Waals surface area contributed by atoms with Crippen LogP contribution in [-0.4, -0.2) is 75.8 Å². The van der Waals surface area contributed by atoms with Gasteiger partial charge in [-0.05, 0) is 18.2 Å². The maximum Gasteiger partial charge on any atom is 0.261 e. The maximum absolute atomic E-state index is 12.4. The third-order valence-electron chi connectivity index (χ3n) is 5.09. The lowest BCUT2D eigenvalue weighted by molar-refractivity contribution is 0.245. The third-order valence-corrected chi connectivity index (χ3v) is 6.01. The second-order valence-electron chi connectivity index (χ2n) is 7.32. The lowest BCUT2D eigenvalue weighted by atomic mass is 10.2. The molecule has 0 radical (unpaired) electrons. The number of aliphatic hydroxyl groups excluding tert-OH is 1. The topological polar surface area (TPSA) is 90.6 Å². The maximum atomic E-state index is 12.4. The highest BCUT2D eigenvalue weighted by Crippen LogP contribution is 2.21. The molecule has 4 rings (SSSR count). The van der Waals surface area contributed by atoms with Crippen LogP contribution in [0.3, 0.4) is 0 Å². The standard InChI is InChI=1S/C19H25N7O2S/c1-23(2)19-21-17(22-29-19)12-24-5-7-25(8-6-24)14-3-4-15-16(11-14)20-13-26(9-10-27)18(15)28/h3-4,11,13,27H,5-10,12H2,1-2H3. The van der Waals surface area contributed by atoms with Gasteiger partial charge in [-0.15, -0.1) is 0 Å². The van der Waals surface area contributed by atoms with E-state index in [0.717, 1.165) is 49.4 Å². The van der Waals surface area contributed by atoms with E-state index in [9.17, 15) is 4.79 Å². The predicted molar refractivity (Wildman–Crippen MR) is 115 cm³/mol. The van der Waals surface area contributed by atoms with Gasteiger partial charge in [-0.3, -0.25) is 14.3 Å². The number of piperazine rings is 1. The zero-order valence-corrected chi connectivity index (χ0v) is 17.5. The second kappa shape index (κ2) is 8.44. The smallest absolute Gasteiger partial charge is 0.261 e. The summed E-state index contributed by atoms with van der Waals surface area (Å²) in [5.41, 5.74) is 1.64. The van der Waals surface area contributed by atoms with E-state index in [0.29, 0.717) is 10.9 Å².